The molecule has 0 aliphatic heterocycles. The van der Waals surface area contributed by atoms with E-state index in [1.807, 2.05) is 0 Å². The fraction of sp³-hybridized carbons (Fsp3) is 0.455. The minimum atomic E-state index is -0.330. The molecule has 0 fully saturated rings. The van der Waals surface area contributed by atoms with Crippen molar-refractivity contribution < 1.29 is 9.13 Å². The molecule has 0 bridgehead atoms. The monoisotopic (exact) mass is 197 g/mol. The van der Waals surface area contributed by atoms with Gasteiger partial charge in [-0.3, -0.25) is 0 Å². The highest BCUT2D eigenvalue weighted by atomic mass is 19.1. The van der Waals surface area contributed by atoms with E-state index >= 15 is 0 Å². The average molecular weight is 197 g/mol. The SMILES string of the molecule is CCC(CN)c1ccc(F)c(OC)c1. The van der Waals surface area contributed by atoms with Gasteiger partial charge in [0.1, 0.15) is 0 Å². The summed E-state index contributed by atoms with van der Waals surface area (Å²) in [5, 5.41) is 0. The standard InChI is InChI=1S/C11H16FNO/c1-3-8(7-13)9-4-5-10(12)11(6-9)14-2/h4-6,8H,3,7,13H2,1-2H3. The lowest BCUT2D eigenvalue weighted by Gasteiger charge is -2.13. The van der Waals surface area contributed by atoms with Crippen LogP contribution in [-0.2, 0) is 0 Å². The van der Waals surface area contributed by atoms with Crippen molar-refractivity contribution >= 4 is 0 Å². The molecule has 2 nitrogen and oxygen atoms in total. The van der Waals surface area contributed by atoms with Crippen molar-refractivity contribution in [3.63, 3.8) is 0 Å². The predicted molar refractivity (Wildman–Crippen MR) is 55.0 cm³/mol. The summed E-state index contributed by atoms with van der Waals surface area (Å²) >= 11 is 0. The lowest BCUT2D eigenvalue weighted by Crippen LogP contribution is -2.11. The topological polar surface area (TPSA) is 35.2 Å². The minimum absolute atomic E-state index is 0.282. The second kappa shape index (κ2) is 4.96. The Morgan fingerprint density at radius 3 is 2.71 bits per heavy atom. The van der Waals surface area contributed by atoms with Gasteiger partial charge in [-0.25, -0.2) is 4.39 Å². The highest BCUT2D eigenvalue weighted by Gasteiger charge is 2.10. The largest absolute Gasteiger partial charge is 0.494 e. The fourth-order valence-corrected chi connectivity index (χ4v) is 1.47. The van der Waals surface area contributed by atoms with Crippen molar-refractivity contribution in [2.24, 2.45) is 5.73 Å². The Morgan fingerprint density at radius 1 is 1.50 bits per heavy atom. The summed E-state index contributed by atoms with van der Waals surface area (Å²) in [6.45, 7) is 2.64. The first kappa shape index (κ1) is 11.0. The molecule has 0 saturated carbocycles. The fourth-order valence-electron chi connectivity index (χ4n) is 1.47. The molecule has 3 heteroatoms. The molecule has 0 saturated heterocycles. The maximum absolute atomic E-state index is 13.1. The maximum atomic E-state index is 13.1. The summed E-state index contributed by atoms with van der Waals surface area (Å²) in [6.07, 6.45) is 0.950. The highest BCUT2D eigenvalue weighted by molar-refractivity contribution is 5.32. The number of hydrogen-bond donors (Lipinski definition) is 1. The Kier molecular flexibility index (Phi) is 3.89. The van der Waals surface area contributed by atoms with Crippen LogP contribution >= 0.6 is 0 Å². The highest BCUT2D eigenvalue weighted by Crippen LogP contribution is 2.24. The Balaban J connectivity index is 2.98. The summed E-state index contributed by atoms with van der Waals surface area (Å²) in [6, 6.07) is 4.90. The van der Waals surface area contributed by atoms with E-state index in [1.54, 1.807) is 12.1 Å². The van der Waals surface area contributed by atoms with Crippen LogP contribution in [0, 0.1) is 5.82 Å². The first-order chi connectivity index (χ1) is 6.72. The second-order valence-corrected chi connectivity index (χ2v) is 3.23. The van der Waals surface area contributed by atoms with Gasteiger partial charge >= 0.3 is 0 Å². The molecule has 1 unspecified atom stereocenters. The summed E-state index contributed by atoms with van der Waals surface area (Å²) in [5.74, 6) is 0.238. The van der Waals surface area contributed by atoms with E-state index < -0.39 is 0 Å². The average Bonchev–Trinajstić information content (AvgIpc) is 2.22. The number of hydrogen-bond acceptors (Lipinski definition) is 2. The van der Waals surface area contributed by atoms with E-state index in [0.717, 1.165) is 12.0 Å². The van der Waals surface area contributed by atoms with Crippen LogP contribution in [0.5, 0.6) is 5.75 Å². The summed E-state index contributed by atoms with van der Waals surface area (Å²) in [7, 11) is 1.46. The molecule has 0 aliphatic carbocycles. The van der Waals surface area contributed by atoms with Gasteiger partial charge in [0, 0.05) is 0 Å². The van der Waals surface area contributed by atoms with Gasteiger partial charge in [-0.05, 0) is 36.6 Å². The van der Waals surface area contributed by atoms with Gasteiger partial charge < -0.3 is 10.5 Å². The first-order valence-electron chi connectivity index (χ1n) is 4.76. The molecule has 1 aromatic carbocycles. The van der Waals surface area contributed by atoms with Crippen molar-refractivity contribution in [3.05, 3.63) is 29.6 Å². The molecule has 2 N–H and O–H groups in total. The molecule has 1 aromatic rings. The molecule has 0 aliphatic rings. The van der Waals surface area contributed by atoms with Crippen LogP contribution in [0.3, 0.4) is 0 Å². The molecule has 14 heavy (non-hydrogen) atoms. The summed E-state index contributed by atoms with van der Waals surface area (Å²) in [4.78, 5) is 0. The second-order valence-electron chi connectivity index (χ2n) is 3.23. The first-order valence-corrected chi connectivity index (χ1v) is 4.76. The lowest BCUT2D eigenvalue weighted by atomic mass is 9.96. The van der Waals surface area contributed by atoms with Crippen LogP contribution in [0.25, 0.3) is 0 Å². The van der Waals surface area contributed by atoms with Gasteiger partial charge in [0.15, 0.2) is 11.6 Å². The van der Waals surface area contributed by atoms with Gasteiger partial charge in [-0.1, -0.05) is 13.0 Å². The number of halogens is 1. The van der Waals surface area contributed by atoms with Crippen LogP contribution in [0.1, 0.15) is 24.8 Å². The number of rotatable bonds is 4. The van der Waals surface area contributed by atoms with Crippen LogP contribution < -0.4 is 10.5 Å². The third kappa shape index (κ3) is 2.23. The number of nitrogens with two attached hydrogens (primary N) is 1. The number of ether oxygens (including phenoxy) is 1. The zero-order chi connectivity index (χ0) is 10.6. The van der Waals surface area contributed by atoms with E-state index in [2.05, 4.69) is 6.92 Å². The van der Waals surface area contributed by atoms with Gasteiger partial charge in [0.25, 0.3) is 0 Å². The van der Waals surface area contributed by atoms with E-state index in [1.165, 1.54) is 13.2 Å². The molecule has 0 radical (unpaired) electrons. The van der Waals surface area contributed by atoms with Gasteiger partial charge in [0.2, 0.25) is 0 Å². The lowest BCUT2D eigenvalue weighted by molar-refractivity contribution is 0.385. The number of benzene rings is 1. The molecule has 1 atom stereocenters. The molecule has 0 amide bonds. The third-order valence-corrected chi connectivity index (χ3v) is 2.42. The van der Waals surface area contributed by atoms with Gasteiger partial charge in [-0.15, -0.1) is 0 Å². The van der Waals surface area contributed by atoms with Gasteiger partial charge in [0.05, 0.1) is 7.11 Å². The van der Waals surface area contributed by atoms with Gasteiger partial charge in [-0.2, -0.15) is 0 Å². The third-order valence-electron chi connectivity index (χ3n) is 2.42. The van der Waals surface area contributed by atoms with Crippen molar-refractivity contribution in [1.82, 2.24) is 0 Å². The predicted octanol–water partition coefficient (Wildman–Crippen LogP) is 2.29. The van der Waals surface area contributed by atoms with Crippen molar-refractivity contribution in [2.75, 3.05) is 13.7 Å². The minimum Gasteiger partial charge on any atom is -0.494 e. The van der Waals surface area contributed by atoms with E-state index in [0.29, 0.717) is 6.54 Å². The smallest absolute Gasteiger partial charge is 0.165 e. The van der Waals surface area contributed by atoms with E-state index in [4.69, 9.17) is 10.5 Å². The zero-order valence-electron chi connectivity index (χ0n) is 8.59. The Bertz CT molecular complexity index is 297. The van der Waals surface area contributed by atoms with E-state index in [9.17, 15) is 4.39 Å². The Morgan fingerprint density at radius 2 is 2.21 bits per heavy atom. The Hall–Kier alpha value is -1.09. The van der Waals surface area contributed by atoms with Crippen LogP contribution in [0.4, 0.5) is 4.39 Å². The molecule has 78 valence electrons. The number of methoxy groups -OCH3 is 1. The molecule has 1 rings (SSSR count). The normalized spacial score (nSPS) is 12.6. The zero-order valence-corrected chi connectivity index (χ0v) is 8.59. The molecular formula is C11H16FNO. The summed E-state index contributed by atoms with van der Waals surface area (Å²) in [5.41, 5.74) is 6.65. The van der Waals surface area contributed by atoms with Crippen molar-refractivity contribution in [1.29, 1.82) is 0 Å². The molecular weight excluding hydrogens is 181 g/mol. The van der Waals surface area contributed by atoms with Crippen molar-refractivity contribution in [2.45, 2.75) is 19.3 Å². The molecule has 0 heterocycles. The maximum Gasteiger partial charge on any atom is 0.165 e. The molecule has 0 aromatic heterocycles. The van der Waals surface area contributed by atoms with Crippen LogP contribution in [-0.4, -0.2) is 13.7 Å². The van der Waals surface area contributed by atoms with E-state index in [-0.39, 0.29) is 17.5 Å². The summed E-state index contributed by atoms with van der Waals surface area (Å²) < 4.78 is 18.0. The van der Waals surface area contributed by atoms with Crippen molar-refractivity contribution in [3.8, 4) is 5.75 Å². The van der Waals surface area contributed by atoms with Crippen LogP contribution in [0.15, 0.2) is 18.2 Å². The quantitative estimate of drug-likeness (QED) is 0.803. The Labute approximate surface area is 83.9 Å². The molecule has 0 spiro atoms. The van der Waals surface area contributed by atoms with Crippen LogP contribution in [0.2, 0.25) is 0 Å².